The molecular weight excluding hydrogens is 158 g/mol. The van der Waals surface area contributed by atoms with Crippen molar-refractivity contribution in [1.29, 1.82) is 0 Å². The van der Waals surface area contributed by atoms with Crippen molar-refractivity contribution in [2.24, 2.45) is 5.29 Å². The van der Waals surface area contributed by atoms with Gasteiger partial charge in [0.1, 0.15) is 0 Å². The molecule has 0 aliphatic carbocycles. The highest BCUT2D eigenvalue weighted by Gasteiger charge is 2.21. The van der Waals surface area contributed by atoms with Crippen LogP contribution in [0.15, 0.2) is 5.29 Å². The Balaban J connectivity index is 4.32. The van der Waals surface area contributed by atoms with Gasteiger partial charge in [0.05, 0.1) is 5.29 Å². The Labute approximate surface area is 72.8 Å². The van der Waals surface area contributed by atoms with Crippen molar-refractivity contribution in [2.45, 2.75) is 39.7 Å². The number of rotatable bonds is 4. The van der Waals surface area contributed by atoms with Crippen LogP contribution in [0.25, 0.3) is 0 Å². The summed E-state index contributed by atoms with van der Waals surface area (Å²) in [6, 6.07) is 0. The predicted octanol–water partition coefficient (Wildman–Crippen LogP) is 1.89. The normalized spacial score (nSPS) is 11.8. The molecule has 0 bridgehead atoms. The lowest BCUT2D eigenvalue weighted by molar-refractivity contribution is -0.0552. The lowest BCUT2D eigenvalue weighted by Gasteiger charge is -2.43. The topological polar surface area (TPSA) is 59.0 Å². The molecule has 0 N–H and O–H groups in total. The fraction of sp³-hybridized carbons (Fsp3) is 1.00. The fourth-order valence-electron chi connectivity index (χ4n) is 0.933. The summed E-state index contributed by atoms with van der Waals surface area (Å²) in [5.41, 5.74) is -0.355. The average molecular weight is 174 g/mol. The molecule has 5 nitrogen and oxygen atoms in total. The summed E-state index contributed by atoms with van der Waals surface area (Å²) in [5, 5.41) is 14.7. The molecule has 0 saturated heterocycles. The first-order chi connectivity index (χ1) is 5.43. The van der Waals surface area contributed by atoms with Crippen LogP contribution in [-0.4, -0.2) is 22.4 Å². The molecule has 0 amide bonds. The second-order valence-electron chi connectivity index (χ2n) is 3.63. The largest absolute Gasteiger partial charge is 0.724 e. The Bertz CT molecular complexity index is 144. The van der Waals surface area contributed by atoms with E-state index in [1.165, 1.54) is 5.01 Å². The van der Waals surface area contributed by atoms with Crippen molar-refractivity contribution in [2.75, 3.05) is 6.54 Å². The van der Waals surface area contributed by atoms with E-state index in [-0.39, 0.29) is 10.8 Å². The molecule has 0 aliphatic heterocycles. The van der Waals surface area contributed by atoms with Gasteiger partial charge in [-0.3, -0.25) is 5.28 Å². The van der Waals surface area contributed by atoms with Crippen molar-refractivity contribution in [3.05, 3.63) is 10.1 Å². The minimum absolute atomic E-state index is 0.115. The molecule has 5 heteroatoms. The predicted molar refractivity (Wildman–Crippen MR) is 47.8 cm³/mol. The quantitative estimate of drug-likeness (QED) is 0.482. The number of hydrazine groups is 1. The van der Waals surface area contributed by atoms with Gasteiger partial charge in [0, 0.05) is 12.1 Å². The zero-order chi connectivity index (χ0) is 9.78. The van der Waals surface area contributed by atoms with Crippen molar-refractivity contribution >= 4 is 0 Å². The van der Waals surface area contributed by atoms with Crippen LogP contribution in [0.3, 0.4) is 0 Å². The molecule has 0 heterocycles. The molecule has 0 fully saturated rings. The molecule has 72 valence electrons. The Kier molecular flexibility index (Phi) is 4.12. The van der Waals surface area contributed by atoms with Gasteiger partial charge in [-0.2, -0.15) is 0 Å². The summed E-state index contributed by atoms with van der Waals surface area (Å²) < 4.78 is 0. The van der Waals surface area contributed by atoms with Gasteiger partial charge >= 0.3 is 0 Å². The van der Waals surface area contributed by atoms with Gasteiger partial charge in [-0.05, 0) is 27.2 Å². The highest BCUT2D eigenvalue weighted by atomic mass is 16.6. The number of nitroso groups, excluding NO2 is 1. The Morgan fingerprint density at radius 1 is 1.42 bits per heavy atom. The fourth-order valence-corrected chi connectivity index (χ4v) is 0.933. The van der Waals surface area contributed by atoms with Gasteiger partial charge in [0.2, 0.25) is 0 Å². The maximum Gasteiger partial charge on any atom is 0.0579 e. The minimum atomic E-state index is -0.355. The zero-order valence-corrected chi connectivity index (χ0v) is 8.07. The van der Waals surface area contributed by atoms with E-state index >= 15 is 0 Å². The number of hydrogen-bond acceptors (Lipinski definition) is 4. The molecule has 0 saturated carbocycles. The van der Waals surface area contributed by atoms with Crippen LogP contribution in [0.1, 0.15) is 34.1 Å². The van der Waals surface area contributed by atoms with E-state index in [0.29, 0.717) is 6.54 Å². The molecule has 0 radical (unpaired) electrons. The average Bonchev–Trinajstić information content (AvgIpc) is 1.96. The molecule has 0 atom stereocenters. The van der Waals surface area contributed by atoms with E-state index in [4.69, 9.17) is 0 Å². The van der Waals surface area contributed by atoms with Crippen molar-refractivity contribution in [1.82, 2.24) is 10.3 Å². The lowest BCUT2D eigenvalue weighted by atomic mass is 10.1. The Morgan fingerprint density at radius 2 is 1.92 bits per heavy atom. The maximum absolute atomic E-state index is 10.9. The van der Waals surface area contributed by atoms with Gasteiger partial charge in [0.15, 0.2) is 0 Å². The van der Waals surface area contributed by atoms with E-state index in [1.54, 1.807) is 0 Å². The molecule has 0 aromatic heterocycles. The van der Waals surface area contributed by atoms with E-state index in [9.17, 15) is 10.1 Å². The summed E-state index contributed by atoms with van der Waals surface area (Å²) in [5.74, 6) is 0. The number of hydrogen-bond donors (Lipinski definition) is 0. The standard InChI is InChI=1S/C7H16N3O2/c1-5-6-9(7(2,3)4)10(12)8-11/h5-6H2,1-4H3/q-1. The van der Waals surface area contributed by atoms with Crippen LogP contribution >= 0.6 is 0 Å². The third kappa shape index (κ3) is 3.15. The smallest absolute Gasteiger partial charge is 0.0579 e. The van der Waals surface area contributed by atoms with Crippen LogP contribution < -0.4 is 0 Å². The first-order valence-electron chi connectivity index (χ1n) is 4.01. The highest BCUT2D eigenvalue weighted by molar-refractivity contribution is 4.73. The maximum atomic E-state index is 10.9. The van der Waals surface area contributed by atoms with E-state index < -0.39 is 0 Å². The van der Waals surface area contributed by atoms with Crippen molar-refractivity contribution in [3.8, 4) is 0 Å². The molecule has 0 aromatic rings. The van der Waals surface area contributed by atoms with E-state index in [0.717, 1.165) is 6.42 Å². The van der Waals surface area contributed by atoms with Crippen molar-refractivity contribution < 1.29 is 0 Å². The monoisotopic (exact) mass is 174 g/mol. The summed E-state index contributed by atoms with van der Waals surface area (Å²) >= 11 is 0. The van der Waals surface area contributed by atoms with Gasteiger partial charge in [-0.15, -0.1) is 4.91 Å². The van der Waals surface area contributed by atoms with Gasteiger partial charge in [0.25, 0.3) is 0 Å². The third-order valence-corrected chi connectivity index (χ3v) is 1.49. The minimum Gasteiger partial charge on any atom is -0.724 e. The molecular formula is C7H16N3O2-. The van der Waals surface area contributed by atoms with Crippen LogP contribution in [0.4, 0.5) is 0 Å². The second-order valence-corrected chi connectivity index (χ2v) is 3.63. The van der Waals surface area contributed by atoms with Crippen LogP contribution in [-0.2, 0) is 0 Å². The van der Waals surface area contributed by atoms with Crippen LogP contribution in [0, 0.1) is 10.1 Å². The summed E-state index contributed by atoms with van der Waals surface area (Å²) in [4.78, 5) is 9.99. The molecule has 12 heavy (non-hydrogen) atoms. The summed E-state index contributed by atoms with van der Waals surface area (Å²) in [6.07, 6.45) is 0.811. The highest BCUT2D eigenvalue weighted by Crippen LogP contribution is 2.15. The van der Waals surface area contributed by atoms with E-state index in [1.807, 2.05) is 27.7 Å². The first kappa shape index (κ1) is 11.3. The van der Waals surface area contributed by atoms with Gasteiger partial charge < -0.3 is 5.21 Å². The summed E-state index contributed by atoms with van der Waals surface area (Å²) in [6.45, 7) is 8.06. The molecule has 0 aliphatic rings. The molecule has 0 unspecified atom stereocenters. The Hall–Kier alpha value is -0.680. The summed E-state index contributed by atoms with van der Waals surface area (Å²) in [7, 11) is 0. The molecule has 0 aromatic carbocycles. The van der Waals surface area contributed by atoms with Crippen LogP contribution in [0.2, 0.25) is 0 Å². The van der Waals surface area contributed by atoms with Crippen LogP contribution in [0.5, 0.6) is 0 Å². The molecule has 0 rings (SSSR count). The van der Waals surface area contributed by atoms with Gasteiger partial charge in [-0.25, -0.2) is 5.01 Å². The third-order valence-electron chi connectivity index (χ3n) is 1.49. The Morgan fingerprint density at radius 3 is 2.17 bits per heavy atom. The van der Waals surface area contributed by atoms with E-state index in [2.05, 4.69) is 5.29 Å². The SMILES string of the molecule is CCCN(N([O-])N=O)C(C)(C)C. The first-order valence-corrected chi connectivity index (χ1v) is 4.01. The lowest BCUT2D eigenvalue weighted by Crippen LogP contribution is -2.48. The second kappa shape index (κ2) is 4.37. The zero-order valence-electron chi connectivity index (χ0n) is 8.07. The van der Waals surface area contributed by atoms with Crippen molar-refractivity contribution in [3.63, 3.8) is 0 Å². The molecule has 0 spiro atoms. The van der Waals surface area contributed by atoms with Gasteiger partial charge in [-0.1, -0.05) is 6.92 Å². The number of nitrogens with zero attached hydrogens (tertiary/aromatic N) is 3.